The smallest absolute Gasteiger partial charge is 0.223 e. The Bertz CT molecular complexity index is 619. The van der Waals surface area contributed by atoms with E-state index in [4.69, 9.17) is 0 Å². The fraction of sp³-hybridized carbons (Fsp3) is 0.0769. The van der Waals surface area contributed by atoms with Crippen LogP contribution < -0.4 is 5.32 Å². The van der Waals surface area contributed by atoms with Gasteiger partial charge in [-0.25, -0.2) is 9.97 Å². The topological polar surface area (TPSA) is 37.8 Å². The molecule has 1 N–H and O–H groups in total. The van der Waals surface area contributed by atoms with Crippen LogP contribution in [0.1, 0.15) is 5.56 Å². The Morgan fingerprint density at radius 2 is 2.12 bits per heavy atom. The van der Waals surface area contributed by atoms with Crippen LogP contribution in [-0.2, 0) is 6.54 Å². The normalized spacial score (nSPS) is 10.6. The quantitative estimate of drug-likeness (QED) is 0.764. The van der Waals surface area contributed by atoms with Gasteiger partial charge < -0.3 is 5.32 Å². The summed E-state index contributed by atoms with van der Waals surface area (Å²) < 4.78 is 0. The average molecular weight is 241 g/mol. The highest BCUT2D eigenvalue weighted by Crippen LogP contribution is 2.13. The second kappa shape index (κ2) is 4.51. The van der Waals surface area contributed by atoms with Gasteiger partial charge in [-0.15, -0.1) is 0 Å². The Labute approximate surface area is 103 Å². The van der Waals surface area contributed by atoms with Gasteiger partial charge in [0.2, 0.25) is 5.95 Å². The van der Waals surface area contributed by atoms with Gasteiger partial charge >= 0.3 is 0 Å². The van der Waals surface area contributed by atoms with Crippen molar-refractivity contribution in [2.24, 2.45) is 0 Å². The predicted octanol–water partition coefficient (Wildman–Crippen LogP) is 3.30. The first-order chi connectivity index (χ1) is 8.42. The van der Waals surface area contributed by atoms with E-state index >= 15 is 0 Å². The van der Waals surface area contributed by atoms with E-state index < -0.39 is 0 Å². The molecule has 84 valence electrons. The molecule has 4 heteroatoms. The SMILES string of the molecule is c1ccc2nc(NCc3ccsc3)ncc2c1. The first-order valence-corrected chi connectivity index (χ1v) is 6.33. The number of hydrogen-bond donors (Lipinski definition) is 1. The molecular formula is C13H11N3S. The van der Waals surface area contributed by atoms with E-state index in [-0.39, 0.29) is 0 Å². The summed E-state index contributed by atoms with van der Waals surface area (Å²) in [6.07, 6.45) is 1.85. The number of nitrogens with zero attached hydrogens (tertiary/aromatic N) is 2. The number of para-hydroxylation sites is 1. The van der Waals surface area contributed by atoms with Gasteiger partial charge in [-0.1, -0.05) is 18.2 Å². The van der Waals surface area contributed by atoms with E-state index in [1.54, 1.807) is 11.3 Å². The molecule has 0 saturated heterocycles. The zero-order valence-corrected chi connectivity index (χ0v) is 9.95. The summed E-state index contributed by atoms with van der Waals surface area (Å²) in [5.74, 6) is 0.676. The Hall–Kier alpha value is -1.94. The lowest BCUT2D eigenvalue weighted by atomic mass is 10.2. The van der Waals surface area contributed by atoms with Gasteiger partial charge in [0.25, 0.3) is 0 Å². The number of rotatable bonds is 3. The second-order valence-corrected chi connectivity index (χ2v) is 4.52. The van der Waals surface area contributed by atoms with Crippen LogP contribution in [0.2, 0.25) is 0 Å². The van der Waals surface area contributed by atoms with E-state index in [1.165, 1.54) is 5.56 Å². The van der Waals surface area contributed by atoms with Gasteiger partial charge in [0.1, 0.15) is 0 Å². The van der Waals surface area contributed by atoms with Crippen LogP contribution in [0.3, 0.4) is 0 Å². The lowest BCUT2D eigenvalue weighted by molar-refractivity contribution is 1.08. The molecule has 0 aliphatic carbocycles. The van der Waals surface area contributed by atoms with E-state index in [9.17, 15) is 0 Å². The van der Waals surface area contributed by atoms with Crippen LogP contribution in [0, 0.1) is 0 Å². The third kappa shape index (κ3) is 2.26. The highest BCUT2D eigenvalue weighted by Gasteiger charge is 1.99. The van der Waals surface area contributed by atoms with Crippen molar-refractivity contribution in [3.63, 3.8) is 0 Å². The molecule has 0 saturated carbocycles. The summed E-state index contributed by atoms with van der Waals surface area (Å²) >= 11 is 1.70. The van der Waals surface area contributed by atoms with Crippen molar-refractivity contribution >= 4 is 28.2 Å². The van der Waals surface area contributed by atoms with Crippen LogP contribution in [0.5, 0.6) is 0 Å². The molecule has 1 aromatic carbocycles. The molecule has 2 heterocycles. The average Bonchev–Trinajstić information content (AvgIpc) is 2.89. The zero-order valence-electron chi connectivity index (χ0n) is 9.13. The van der Waals surface area contributed by atoms with Gasteiger partial charge in [0.15, 0.2) is 0 Å². The highest BCUT2D eigenvalue weighted by atomic mass is 32.1. The lowest BCUT2D eigenvalue weighted by Crippen LogP contribution is -2.02. The minimum absolute atomic E-state index is 0.676. The highest BCUT2D eigenvalue weighted by molar-refractivity contribution is 7.07. The Balaban J connectivity index is 1.81. The number of benzene rings is 1. The molecule has 3 nitrogen and oxygen atoms in total. The third-order valence-electron chi connectivity index (χ3n) is 2.52. The third-order valence-corrected chi connectivity index (χ3v) is 3.25. The Kier molecular flexibility index (Phi) is 2.71. The van der Waals surface area contributed by atoms with Crippen LogP contribution in [0.4, 0.5) is 5.95 Å². The fourth-order valence-corrected chi connectivity index (χ4v) is 2.30. The molecule has 0 atom stereocenters. The fourth-order valence-electron chi connectivity index (χ4n) is 1.63. The maximum absolute atomic E-state index is 4.46. The van der Waals surface area contributed by atoms with Crippen LogP contribution in [-0.4, -0.2) is 9.97 Å². The van der Waals surface area contributed by atoms with Gasteiger partial charge in [-0.05, 0) is 28.5 Å². The maximum atomic E-state index is 4.46. The number of aromatic nitrogens is 2. The molecule has 0 spiro atoms. The van der Waals surface area contributed by atoms with Gasteiger partial charge in [0.05, 0.1) is 5.52 Å². The maximum Gasteiger partial charge on any atom is 0.223 e. The molecule has 0 aliphatic rings. The van der Waals surface area contributed by atoms with E-state index in [0.717, 1.165) is 17.4 Å². The molecule has 0 fully saturated rings. The molecule has 17 heavy (non-hydrogen) atoms. The number of fused-ring (bicyclic) bond motifs is 1. The molecule has 0 bridgehead atoms. The molecule has 0 aliphatic heterocycles. The molecule has 0 unspecified atom stereocenters. The van der Waals surface area contributed by atoms with Crippen molar-refractivity contribution in [3.8, 4) is 0 Å². The molecule has 3 aromatic rings. The summed E-state index contributed by atoms with van der Waals surface area (Å²) in [4.78, 5) is 8.74. The van der Waals surface area contributed by atoms with E-state index in [0.29, 0.717) is 5.95 Å². The molecule has 0 amide bonds. The van der Waals surface area contributed by atoms with Crippen molar-refractivity contribution in [2.75, 3.05) is 5.32 Å². The van der Waals surface area contributed by atoms with Crippen LogP contribution in [0.15, 0.2) is 47.3 Å². The summed E-state index contributed by atoms with van der Waals surface area (Å²) in [6, 6.07) is 10.1. The number of anilines is 1. The zero-order chi connectivity index (χ0) is 11.5. The first kappa shape index (κ1) is 10.2. The molecule has 0 radical (unpaired) electrons. The second-order valence-electron chi connectivity index (χ2n) is 3.74. The monoisotopic (exact) mass is 241 g/mol. The largest absolute Gasteiger partial charge is 0.350 e. The van der Waals surface area contributed by atoms with Crippen molar-refractivity contribution in [2.45, 2.75) is 6.54 Å². The summed E-state index contributed by atoms with van der Waals surface area (Å²) in [5.41, 5.74) is 2.22. The predicted molar refractivity (Wildman–Crippen MR) is 71.2 cm³/mol. The van der Waals surface area contributed by atoms with Crippen molar-refractivity contribution < 1.29 is 0 Å². The minimum atomic E-state index is 0.676. The Morgan fingerprint density at radius 1 is 1.18 bits per heavy atom. The van der Waals surface area contributed by atoms with Crippen molar-refractivity contribution in [3.05, 3.63) is 52.9 Å². The molecule has 3 rings (SSSR count). The van der Waals surface area contributed by atoms with Crippen LogP contribution in [0.25, 0.3) is 10.9 Å². The number of nitrogens with one attached hydrogen (secondary N) is 1. The van der Waals surface area contributed by atoms with Gasteiger partial charge in [-0.3, -0.25) is 0 Å². The Morgan fingerprint density at radius 3 is 3.00 bits per heavy atom. The van der Waals surface area contributed by atoms with E-state index in [2.05, 4.69) is 32.1 Å². The van der Waals surface area contributed by atoms with Gasteiger partial charge in [-0.2, -0.15) is 11.3 Å². The number of thiophene rings is 1. The molecular weight excluding hydrogens is 230 g/mol. The first-order valence-electron chi connectivity index (χ1n) is 5.38. The summed E-state index contributed by atoms with van der Waals surface area (Å²) in [6.45, 7) is 0.766. The van der Waals surface area contributed by atoms with E-state index in [1.807, 2.05) is 30.5 Å². The number of hydrogen-bond acceptors (Lipinski definition) is 4. The minimum Gasteiger partial charge on any atom is -0.350 e. The molecule has 2 aromatic heterocycles. The van der Waals surface area contributed by atoms with Crippen molar-refractivity contribution in [1.82, 2.24) is 9.97 Å². The summed E-state index contributed by atoms with van der Waals surface area (Å²) in [7, 11) is 0. The standard InChI is InChI=1S/C13H11N3S/c1-2-4-12-11(3-1)8-15-13(16-12)14-7-10-5-6-17-9-10/h1-6,8-9H,7H2,(H,14,15,16). The van der Waals surface area contributed by atoms with Gasteiger partial charge in [0, 0.05) is 18.1 Å². The lowest BCUT2D eigenvalue weighted by Gasteiger charge is -2.04. The van der Waals surface area contributed by atoms with Crippen LogP contribution >= 0.6 is 11.3 Å². The summed E-state index contributed by atoms with van der Waals surface area (Å²) in [5, 5.41) is 8.47. The van der Waals surface area contributed by atoms with Crippen molar-refractivity contribution in [1.29, 1.82) is 0 Å².